The van der Waals surface area contributed by atoms with E-state index in [9.17, 15) is 9.59 Å². The van der Waals surface area contributed by atoms with Gasteiger partial charge in [-0.3, -0.25) is 4.90 Å². The average Bonchev–Trinajstić information content (AvgIpc) is 2.95. The molecule has 5 nitrogen and oxygen atoms in total. The molecule has 0 radical (unpaired) electrons. The van der Waals surface area contributed by atoms with Crippen LogP contribution in [0.15, 0.2) is 84.9 Å². The molecule has 3 atom stereocenters. The lowest BCUT2D eigenvalue weighted by molar-refractivity contribution is -0.174. The number of amides is 1. The van der Waals surface area contributed by atoms with Crippen molar-refractivity contribution >= 4 is 25.3 Å². The van der Waals surface area contributed by atoms with Crippen molar-refractivity contribution in [1.82, 2.24) is 4.90 Å². The molecule has 1 fully saturated rings. The molecule has 1 amide bonds. The predicted octanol–water partition coefficient (Wildman–Crippen LogP) is 7.59. The van der Waals surface area contributed by atoms with Crippen LogP contribution < -0.4 is 5.19 Å². The van der Waals surface area contributed by atoms with Gasteiger partial charge in [-0.25, -0.2) is 9.59 Å². The smallest absolute Gasteiger partial charge is 0.411 e. The maximum absolute atomic E-state index is 14.0. The molecule has 212 valence electrons. The number of hydrogen-bond donors (Lipinski definition) is 0. The molecule has 0 N–H and O–H groups in total. The lowest BCUT2D eigenvalue weighted by atomic mass is 9.90. The summed E-state index contributed by atoms with van der Waals surface area (Å²) in [4.78, 5) is 29.5. The molecule has 6 heteroatoms. The number of rotatable bonds is 8. The van der Waals surface area contributed by atoms with Crippen LogP contribution in [0.2, 0.25) is 18.1 Å². The van der Waals surface area contributed by atoms with Crippen LogP contribution in [0.25, 0.3) is 0 Å². The van der Waals surface area contributed by atoms with Crippen molar-refractivity contribution in [2.75, 3.05) is 0 Å². The van der Waals surface area contributed by atoms with Gasteiger partial charge in [0.15, 0.2) is 6.10 Å². The monoisotopic (exact) mass is 557 g/mol. The first kappa shape index (κ1) is 29.6. The summed E-state index contributed by atoms with van der Waals surface area (Å²) in [6.07, 6.45) is -0.815. The van der Waals surface area contributed by atoms with Gasteiger partial charge in [-0.15, -0.1) is 0 Å². The number of morpholine rings is 1. The molecule has 1 saturated heterocycles. The first-order valence-corrected chi connectivity index (χ1v) is 17.2. The Bertz CT molecular complexity index is 1280. The highest BCUT2D eigenvalue weighted by atomic mass is 28.3. The quantitative estimate of drug-likeness (QED) is 0.211. The molecule has 1 aliphatic rings. The van der Waals surface area contributed by atoms with E-state index < -0.39 is 43.9 Å². The van der Waals surface area contributed by atoms with Crippen molar-refractivity contribution in [2.24, 2.45) is 0 Å². The van der Waals surface area contributed by atoms with Crippen LogP contribution in [0.1, 0.15) is 70.4 Å². The second-order valence-electron chi connectivity index (χ2n) is 11.8. The molecule has 0 bridgehead atoms. The summed E-state index contributed by atoms with van der Waals surface area (Å²) in [5.74, 6) is -0.415. The second kappa shape index (κ2) is 12.4. The van der Waals surface area contributed by atoms with Gasteiger partial charge >= 0.3 is 12.1 Å². The minimum absolute atomic E-state index is 0.360. The van der Waals surface area contributed by atoms with Crippen molar-refractivity contribution in [3.8, 4) is 0 Å². The third-order valence-corrected chi connectivity index (χ3v) is 13.9. The lowest BCUT2D eigenvalue weighted by Crippen LogP contribution is -2.56. The van der Waals surface area contributed by atoms with Crippen molar-refractivity contribution in [3.63, 3.8) is 0 Å². The SMILES string of the molecule is CC[Si](CC)(CC)c1cccc(C[C@H]2C(=O)O[C@H](c3ccccc3)[C@H](c3ccccc3)N2C(=O)OC(C)(C)C)c1. The zero-order valence-electron chi connectivity index (χ0n) is 24.7. The van der Waals surface area contributed by atoms with E-state index in [1.807, 2.05) is 81.4 Å². The van der Waals surface area contributed by atoms with Crippen molar-refractivity contribution < 1.29 is 19.1 Å². The lowest BCUT2D eigenvalue weighted by Gasteiger charge is -2.45. The Labute approximate surface area is 240 Å². The summed E-state index contributed by atoms with van der Waals surface area (Å²) >= 11 is 0. The Morgan fingerprint density at radius 3 is 1.98 bits per heavy atom. The summed E-state index contributed by atoms with van der Waals surface area (Å²) in [5.41, 5.74) is 2.04. The van der Waals surface area contributed by atoms with Gasteiger partial charge in [0.1, 0.15) is 17.7 Å². The largest absolute Gasteiger partial charge is 0.453 e. The standard InChI is InChI=1S/C34H43NO4Si/c1-7-40(8-2,9-3)28-22-16-17-25(23-28)24-29-32(36)38-31(27-20-14-11-15-21-27)30(26-18-12-10-13-19-26)35(29)33(37)39-34(4,5)6/h10-23,29-31H,7-9,24H2,1-6H3/t29-,30-,31+/m0/s1. The van der Waals surface area contributed by atoms with E-state index in [1.165, 1.54) is 23.3 Å². The molecule has 1 heterocycles. The predicted molar refractivity (Wildman–Crippen MR) is 163 cm³/mol. The van der Waals surface area contributed by atoms with Gasteiger partial charge in [0.2, 0.25) is 0 Å². The minimum atomic E-state index is -1.62. The Morgan fingerprint density at radius 2 is 1.43 bits per heavy atom. The molecule has 3 aromatic carbocycles. The van der Waals surface area contributed by atoms with Crippen LogP contribution in [0, 0.1) is 0 Å². The van der Waals surface area contributed by atoms with Crippen LogP contribution in [-0.2, 0) is 20.7 Å². The fourth-order valence-electron chi connectivity index (χ4n) is 5.95. The van der Waals surface area contributed by atoms with Crippen molar-refractivity contribution in [1.29, 1.82) is 0 Å². The summed E-state index contributed by atoms with van der Waals surface area (Å²) in [5, 5.41) is 1.41. The van der Waals surface area contributed by atoms with Gasteiger partial charge in [0.25, 0.3) is 0 Å². The maximum Gasteiger partial charge on any atom is 0.411 e. The van der Waals surface area contributed by atoms with Crippen LogP contribution in [0.4, 0.5) is 4.79 Å². The summed E-state index contributed by atoms with van der Waals surface area (Å²) in [6, 6.07) is 30.3. The van der Waals surface area contributed by atoms with Gasteiger partial charge in [-0.2, -0.15) is 0 Å². The Morgan fingerprint density at radius 1 is 0.850 bits per heavy atom. The zero-order chi connectivity index (χ0) is 28.9. The number of carbonyl (C=O) groups is 2. The fraction of sp³-hybridized carbons (Fsp3) is 0.412. The van der Waals surface area contributed by atoms with E-state index in [-0.39, 0.29) is 0 Å². The highest BCUT2D eigenvalue weighted by molar-refractivity contribution is 6.91. The Balaban J connectivity index is 1.82. The highest BCUT2D eigenvalue weighted by Crippen LogP contribution is 2.43. The van der Waals surface area contributed by atoms with Gasteiger partial charge in [0.05, 0.1) is 8.07 Å². The van der Waals surface area contributed by atoms with Crippen molar-refractivity contribution in [3.05, 3.63) is 102 Å². The molecule has 40 heavy (non-hydrogen) atoms. The van der Waals surface area contributed by atoms with Gasteiger partial charge in [-0.05, 0) is 37.5 Å². The third-order valence-electron chi connectivity index (χ3n) is 8.31. The Kier molecular flexibility index (Phi) is 9.19. The molecule has 0 aliphatic carbocycles. The number of nitrogens with zero attached hydrogens (tertiary/aromatic N) is 1. The average molecular weight is 558 g/mol. The van der Waals surface area contributed by atoms with E-state index in [1.54, 1.807) is 4.90 Å². The molecular formula is C34H43NO4Si. The third kappa shape index (κ3) is 6.33. The van der Waals surface area contributed by atoms with E-state index >= 15 is 0 Å². The first-order valence-electron chi connectivity index (χ1n) is 14.5. The summed E-state index contributed by atoms with van der Waals surface area (Å²) in [7, 11) is -1.62. The molecule has 4 rings (SSSR count). The molecule has 0 unspecified atom stereocenters. The molecule has 1 aliphatic heterocycles. The molecule has 3 aromatic rings. The molecule has 0 spiro atoms. The maximum atomic E-state index is 14.0. The van der Waals surface area contributed by atoms with E-state index in [0.717, 1.165) is 16.7 Å². The number of hydrogen-bond acceptors (Lipinski definition) is 4. The minimum Gasteiger partial charge on any atom is -0.453 e. The number of ether oxygens (including phenoxy) is 2. The van der Waals surface area contributed by atoms with Crippen LogP contribution >= 0.6 is 0 Å². The number of carbonyl (C=O) groups excluding carboxylic acids is 2. The van der Waals surface area contributed by atoms with Gasteiger partial charge < -0.3 is 9.47 Å². The van der Waals surface area contributed by atoms with Crippen molar-refractivity contribution in [2.45, 2.75) is 89.9 Å². The number of cyclic esters (lactones) is 1. The van der Waals surface area contributed by atoms with Gasteiger partial charge in [-0.1, -0.05) is 129 Å². The topological polar surface area (TPSA) is 55.8 Å². The second-order valence-corrected chi connectivity index (χ2v) is 17.0. The summed E-state index contributed by atoms with van der Waals surface area (Å²) in [6.45, 7) is 12.4. The number of esters is 1. The fourth-order valence-corrected chi connectivity index (χ4v) is 9.62. The van der Waals surface area contributed by atoms with Gasteiger partial charge in [0, 0.05) is 6.42 Å². The van der Waals surface area contributed by atoms with Crippen LogP contribution in [-0.4, -0.2) is 36.7 Å². The van der Waals surface area contributed by atoms with Crippen LogP contribution in [0.3, 0.4) is 0 Å². The summed E-state index contributed by atoms with van der Waals surface area (Å²) < 4.78 is 12.2. The highest BCUT2D eigenvalue weighted by Gasteiger charge is 2.49. The van der Waals surface area contributed by atoms with Crippen LogP contribution in [0.5, 0.6) is 0 Å². The Hall–Kier alpha value is -3.38. The van der Waals surface area contributed by atoms with E-state index in [0.29, 0.717) is 6.42 Å². The molecule has 0 aromatic heterocycles. The van der Waals surface area contributed by atoms with E-state index in [2.05, 4.69) is 45.0 Å². The molecule has 0 saturated carbocycles. The molecular weight excluding hydrogens is 514 g/mol. The number of benzene rings is 3. The first-order chi connectivity index (χ1) is 19.1. The normalized spacial score (nSPS) is 19.7. The van der Waals surface area contributed by atoms with E-state index in [4.69, 9.17) is 9.47 Å². The zero-order valence-corrected chi connectivity index (χ0v) is 25.7.